The highest BCUT2D eigenvalue weighted by Crippen LogP contribution is 2.46. The molecule has 17 heteroatoms. The summed E-state index contributed by atoms with van der Waals surface area (Å²) in [5.41, 5.74) is 1.77. The van der Waals surface area contributed by atoms with Gasteiger partial charge in [-0.15, -0.1) is 11.3 Å². The molecule has 1 aromatic heterocycles. The van der Waals surface area contributed by atoms with E-state index in [0.717, 1.165) is 37.1 Å². The Bertz CT molecular complexity index is 1920. The Morgan fingerprint density at radius 1 is 1.07 bits per heavy atom. The number of benzene rings is 1. The highest BCUT2D eigenvalue weighted by molar-refractivity contribution is 8.03. The van der Waals surface area contributed by atoms with E-state index in [1.54, 1.807) is 0 Å². The summed E-state index contributed by atoms with van der Waals surface area (Å²) in [6.07, 6.45) is 4.97. The number of hydrogen-bond acceptors (Lipinski definition) is 11. The number of carbonyl (C=O) groups is 3. The van der Waals surface area contributed by atoms with Crippen molar-refractivity contribution in [2.24, 2.45) is 0 Å². The summed E-state index contributed by atoms with van der Waals surface area (Å²) in [6.45, 7) is -1.16. The van der Waals surface area contributed by atoms with Gasteiger partial charge in [0.2, 0.25) is 5.76 Å². The summed E-state index contributed by atoms with van der Waals surface area (Å²) < 4.78 is 38.1. The molecular weight excluding hydrogens is 643 g/mol. The number of aliphatic carboxylic acids is 2. The van der Waals surface area contributed by atoms with Crippen molar-refractivity contribution < 1.29 is 42.3 Å². The van der Waals surface area contributed by atoms with E-state index < -0.39 is 57.5 Å². The van der Waals surface area contributed by atoms with Crippen molar-refractivity contribution in [3.63, 3.8) is 0 Å². The maximum absolute atomic E-state index is 13.4. The number of nitrogens with zero attached hydrogens (tertiary/aromatic N) is 3. The van der Waals surface area contributed by atoms with Crippen LogP contribution in [0.15, 0.2) is 56.7 Å². The van der Waals surface area contributed by atoms with Crippen LogP contribution in [0.4, 0.5) is 5.69 Å². The zero-order valence-electron chi connectivity index (χ0n) is 22.1. The number of thiocarbonyl (C=S) groups is 1. The lowest BCUT2D eigenvalue weighted by Crippen LogP contribution is -2.37. The van der Waals surface area contributed by atoms with Crippen LogP contribution in [0.2, 0.25) is 0 Å². The van der Waals surface area contributed by atoms with Crippen LogP contribution in [-0.2, 0) is 35.8 Å². The molecule has 1 fully saturated rings. The molecule has 3 heterocycles. The van der Waals surface area contributed by atoms with Gasteiger partial charge in [-0.1, -0.05) is 30.0 Å². The van der Waals surface area contributed by atoms with E-state index in [-0.39, 0.29) is 21.4 Å². The molecule has 1 aliphatic carbocycles. The van der Waals surface area contributed by atoms with Gasteiger partial charge in [-0.05, 0) is 60.8 Å². The minimum absolute atomic E-state index is 0.0813. The van der Waals surface area contributed by atoms with E-state index >= 15 is 0 Å². The second-order valence-corrected chi connectivity index (χ2v) is 13.6. The molecule has 0 saturated carbocycles. The maximum atomic E-state index is 13.4. The number of anilines is 1. The van der Waals surface area contributed by atoms with Gasteiger partial charge < -0.3 is 19.8 Å². The second kappa shape index (κ2) is 12.1. The van der Waals surface area contributed by atoms with Gasteiger partial charge in [-0.3, -0.25) is 33.2 Å². The van der Waals surface area contributed by atoms with Crippen LogP contribution in [-0.4, -0.2) is 74.5 Å². The first-order valence-electron chi connectivity index (χ1n) is 12.7. The fourth-order valence-corrected chi connectivity index (χ4v) is 7.81. The van der Waals surface area contributed by atoms with Gasteiger partial charge >= 0.3 is 17.8 Å². The number of allylic oxidation sites excluding steroid dienone is 3. The van der Waals surface area contributed by atoms with Crippen molar-refractivity contribution in [1.29, 1.82) is 0 Å². The number of carboxylic acids is 2. The third kappa shape index (κ3) is 6.59. The number of fused-ring (bicyclic) bond motifs is 1. The zero-order valence-corrected chi connectivity index (χ0v) is 25.4. The molecular formula is C26H23N3O10S4. The molecule has 3 aliphatic rings. The van der Waals surface area contributed by atoms with Crippen molar-refractivity contribution in [3.8, 4) is 0 Å². The summed E-state index contributed by atoms with van der Waals surface area (Å²) in [5, 5.41) is 19.0. The number of ether oxygens (including phenoxy) is 1. The smallest absolute Gasteiger partial charge is 0.323 e. The number of carboxylic acid groups (broad SMARTS) is 2. The monoisotopic (exact) mass is 665 g/mol. The molecule has 0 bridgehead atoms. The predicted octanol–water partition coefficient (Wildman–Crippen LogP) is 0.933. The zero-order chi connectivity index (χ0) is 31.1. The van der Waals surface area contributed by atoms with Gasteiger partial charge in [-0.25, -0.2) is 0 Å². The van der Waals surface area contributed by atoms with Crippen molar-refractivity contribution in [1.82, 2.24) is 9.47 Å². The first-order valence-corrected chi connectivity index (χ1v) is 16.3. The summed E-state index contributed by atoms with van der Waals surface area (Å²) in [7, 11) is -4.11. The number of carbonyl (C=O) groups excluding carboxylic acids is 1. The SMILES string of the molecule is O=C(O)CN1C(=O)C(=c2sc(=C3C=C(C=C4Sc5ccccc5N4CCCS(=O)(=O)O)CC3)c(=O)n2CC(=O)O)OC1=S. The first-order chi connectivity index (χ1) is 20.3. The molecule has 1 aromatic carbocycles. The van der Waals surface area contributed by atoms with E-state index in [4.69, 9.17) is 26.6 Å². The standard InChI is InChI=1S/C26H23N3O10S4/c30-19(31)12-28-24(35)22(42-25(28)21-23(34)29(13-20(32)33)26(40)39-21)15-7-6-14(10-15)11-18-27(8-3-9-43(36,37)38)16-4-1-2-5-17(16)41-18/h1-2,4-5,10-11H,3,6-9,12-13H2,(H,30,31)(H,32,33)(H,36,37,38). The molecule has 13 nitrogen and oxygen atoms in total. The first kappa shape index (κ1) is 30.7. The van der Waals surface area contributed by atoms with Gasteiger partial charge in [0.05, 0.1) is 21.0 Å². The molecule has 43 heavy (non-hydrogen) atoms. The van der Waals surface area contributed by atoms with E-state index in [0.29, 0.717) is 29.9 Å². The van der Waals surface area contributed by atoms with E-state index in [1.807, 2.05) is 41.3 Å². The van der Waals surface area contributed by atoms with Crippen molar-refractivity contribution in [3.05, 3.63) is 66.6 Å². The maximum Gasteiger partial charge on any atom is 0.323 e. The van der Waals surface area contributed by atoms with Gasteiger partial charge in [0, 0.05) is 11.4 Å². The third-order valence-corrected chi connectivity index (χ3v) is 10.0. The fraction of sp³-hybridized carbons (Fsp3) is 0.269. The minimum atomic E-state index is -4.11. The van der Waals surface area contributed by atoms with Crippen LogP contribution in [0, 0.1) is 0 Å². The van der Waals surface area contributed by atoms with Crippen molar-refractivity contribution >= 4 is 85.5 Å². The molecule has 2 aromatic rings. The van der Waals surface area contributed by atoms with Gasteiger partial charge in [0.25, 0.3) is 20.9 Å². The van der Waals surface area contributed by atoms with Gasteiger partial charge in [0.15, 0.2) is 0 Å². The van der Waals surface area contributed by atoms with Crippen LogP contribution in [0.25, 0.3) is 11.3 Å². The average molecular weight is 666 g/mol. The molecule has 0 spiro atoms. The topological polar surface area (TPSA) is 184 Å². The molecule has 0 atom stereocenters. The van der Waals surface area contributed by atoms with Crippen molar-refractivity contribution in [2.75, 3.05) is 23.7 Å². The summed E-state index contributed by atoms with van der Waals surface area (Å²) in [4.78, 5) is 52.7. The Hall–Kier alpha value is -3.77. The summed E-state index contributed by atoms with van der Waals surface area (Å²) in [5.74, 6) is -4.33. The van der Waals surface area contributed by atoms with Crippen LogP contribution in [0.1, 0.15) is 19.3 Å². The minimum Gasteiger partial charge on any atom is -0.480 e. The second-order valence-electron chi connectivity index (χ2n) is 9.59. The number of thioether (sulfide) groups is 1. The molecule has 5 rings (SSSR count). The lowest BCUT2D eigenvalue weighted by atomic mass is 10.2. The largest absolute Gasteiger partial charge is 0.480 e. The van der Waals surface area contributed by atoms with Gasteiger partial charge in [0.1, 0.15) is 17.8 Å². The Morgan fingerprint density at radius 2 is 1.79 bits per heavy atom. The Labute approximate surface area is 257 Å². The Balaban J connectivity index is 1.54. The lowest BCUT2D eigenvalue weighted by Gasteiger charge is -2.20. The molecule has 0 radical (unpaired) electrons. The predicted molar refractivity (Wildman–Crippen MR) is 161 cm³/mol. The number of hydrogen-bond donors (Lipinski definition) is 3. The van der Waals surface area contributed by atoms with E-state index in [1.165, 1.54) is 11.8 Å². The molecule has 226 valence electrons. The summed E-state index contributed by atoms with van der Waals surface area (Å²) in [6, 6.07) is 7.64. The lowest BCUT2D eigenvalue weighted by molar-refractivity contribution is -0.140. The number of thiazole rings is 1. The fourth-order valence-electron chi connectivity index (χ4n) is 4.75. The molecule has 3 N–H and O–H groups in total. The van der Waals surface area contributed by atoms with Crippen LogP contribution in [0.3, 0.4) is 0 Å². The molecule has 1 amide bonds. The molecule has 1 saturated heterocycles. The quantitative estimate of drug-likeness (QED) is 0.254. The van der Waals surface area contributed by atoms with Crippen molar-refractivity contribution in [2.45, 2.75) is 30.7 Å². The number of aromatic nitrogens is 1. The summed E-state index contributed by atoms with van der Waals surface area (Å²) >= 11 is 7.36. The third-order valence-electron chi connectivity index (χ3n) is 6.58. The number of amides is 1. The number of rotatable bonds is 9. The highest BCUT2D eigenvalue weighted by Gasteiger charge is 2.37. The molecule has 0 unspecified atom stereocenters. The van der Waals surface area contributed by atoms with E-state index in [9.17, 15) is 32.7 Å². The Morgan fingerprint density at radius 3 is 2.49 bits per heavy atom. The highest BCUT2D eigenvalue weighted by atomic mass is 32.2. The Kier molecular flexibility index (Phi) is 8.62. The van der Waals surface area contributed by atoms with Gasteiger partial charge in [-0.2, -0.15) is 8.42 Å². The average Bonchev–Trinajstić information content (AvgIpc) is 3.66. The number of para-hydroxylation sites is 1. The molecule has 2 aliphatic heterocycles. The van der Waals surface area contributed by atoms with E-state index in [2.05, 4.69) is 0 Å². The normalized spacial score (nSPS) is 20.1. The van der Waals surface area contributed by atoms with Crippen LogP contribution < -0.4 is 19.7 Å². The van der Waals surface area contributed by atoms with Crippen LogP contribution in [0.5, 0.6) is 0 Å². The van der Waals surface area contributed by atoms with Crippen LogP contribution >= 0.6 is 35.3 Å².